The Kier molecular flexibility index (Phi) is 4.15. The van der Waals surface area contributed by atoms with Gasteiger partial charge in [0.1, 0.15) is 0 Å². The van der Waals surface area contributed by atoms with Crippen molar-refractivity contribution < 1.29 is 5.11 Å². The summed E-state index contributed by atoms with van der Waals surface area (Å²) in [4.78, 5) is 0. The lowest BCUT2D eigenvalue weighted by Gasteiger charge is -2.19. The Bertz CT molecular complexity index is 261. The van der Waals surface area contributed by atoms with Gasteiger partial charge in [0.25, 0.3) is 0 Å². The molecule has 1 N–H and O–H groups in total. The number of benzene rings is 1. The van der Waals surface area contributed by atoms with Gasteiger partial charge in [-0.05, 0) is 29.4 Å². The van der Waals surface area contributed by atoms with Gasteiger partial charge in [-0.1, -0.05) is 45.0 Å². The first kappa shape index (κ1) is 11.3. The smallest absolute Gasteiger partial charge is 0.0681 e. The van der Waals surface area contributed by atoms with Crippen molar-refractivity contribution in [2.45, 2.75) is 39.7 Å². The van der Waals surface area contributed by atoms with Crippen LogP contribution in [0.5, 0.6) is 0 Å². The molecule has 1 aromatic rings. The van der Waals surface area contributed by atoms with E-state index in [0.717, 1.165) is 5.56 Å². The highest BCUT2D eigenvalue weighted by Gasteiger charge is 2.12. The third kappa shape index (κ3) is 2.58. The van der Waals surface area contributed by atoms with Gasteiger partial charge in [0.05, 0.1) is 6.61 Å². The van der Waals surface area contributed by atoms with Gasteiger partial charge in [-0.2, -0.15) is 0 Å². The molecule has 0 bridgehead atoms. The fourth-order valence-electron chi connectivity index (χ4n) is 1.96. The summed E-state index contributed by atoms with van der Waals surface area (Å²) < 4.78 is 0. The molecule has 1 aromatic carbocycles. The molecule has 0 spiro atoms. The predicted molar refractivity (Wildman–Crippen MR) is 60.2 cm³/mol. The average molecular weight is 192 g/mol. The summed E-state index contributed by atoms with van der Waals surface area (Å²) in [6.07, 6.45) is 1.18. The molecule has 0 saturated carbocycles. The van der Waals surface area contributed by atoms with Crippen LogP contribution >= 0.6 is 0 Å². The van der Waals surface area contributed by atoms with Crippen molar-refractivity contribution in [3.63, 3.8) is 0 Å². The average Bonchev–Trinajstić information content (AvgIpc) is 2.19. The van der Waals surface area contributed by atoms with Crippen LogP contribution in [0.25, 0.3) is 0 Å². The molecule has 0 aliphatic carbocycles. The monoisotopic (exact) mass is 192 g/mol. The Morgan fingerprint density at radius 2 is 1.71 bits per heavy atom. The standard InChI is InChI=1S/C13H20O/c1-4-13(10(2)3)12-7-5-11(9-14)6-8-12/h5-8,10,13-14H,4,9H2,1-3H3. The molecule has 0 amide bonds. The van der Waals surface area contributed by atoms with Crippen LogP contribution in [0.1, 0.15) is 44.2 Å². The fraction of sp³-hybridized carbons (Fsp3) is 0.538. The Labute approximate surface area is 86.8 Å². The highest BCUT2D eigenvalue weighted by atomic mass is 16.3. The van der Waals surface area contributed by atoms with E-state index >= 15 is 0 Å². The molecule has 1 unspecified atom stereocenters. The van der Waals surface area contributed by atoms with Crippen LogP contribution in [0.15, 0.2) is 24.3 Å². The summed E-state index contributed by atoms with van der Waals surface area (Å²) in [7, 11) is 0. The molecular formula is C13H20O. The van der Waals surface area contributed by atoms with E-state index in [9.17, 15) is 0 Å². The summed E-state index contributed by atoms with van der Waals surface area (Å²) >= 11 is 0. The van der Waals surface area contributed by atoms with Crippen molar-refractivity contribution in [1.29, 1.82) is 0 Å². The van der Waals surface area contributed by atoms with Crippen molar-refractivity contribution in [1.82, 2.24) is 0 Å². The molecule has 0 heterocycles. The van der Waals surface area contributed by atoms with Crippen molar-refractivity contribution in [3.8, 4) is 0 Å². The normalized spacial score (nSPS) is 13.2. The Morgan fingerprint density at radius 3 is 2.07 bits per heavy atom. The summed E-state index contributed by atoms with van der Waals surface area (Å²) in [5, 5.41) is 8.93. The van der Waals surface area contributed by atoms with Crippen LogP contribution in [-0.2, 0) is 6.61 Å². The van der Waals surface area contributed by atoms with Crippen LogP contribution in [0.2, 0.25) is 0 Å². The first-order chi connectivity index (χ1) is 6.69. The maximum Gasteiger partial charge on any atom is 0.0681 e. The van der Waals surface area contributed by atoms with E-state index in [1.54, 1.807) is 0 Å². The van der Waals surface area contributed by atoms with Crippen LogP contribution in [-0.4, -0.2) is 5.11 Å². The lowest BCUT2D eigenvalue weighted by Crippen LogP contribution is -2.05. The maximum absolute atomic E-state index is 8.93. The van der Waals surface area contributed by atoms with Gasteiger partial charge in [-0.3, -0.25) is 0 Å². The number of aliphatic hydroxyl groups is 1. The highest BCUT2D eigenvalue weighted by Crippen LogP contribution is 2.27. The van der Waals surface area contributed by atoms with Crippen molar-refractivity contribution >= 4 is 0 Å². The van der Waals surface area contributed by atoms with E-state index in [-0.39, 0.29) is 6.61 Å². The van der Waals surface area contributed by atoms with Gasteiger partial charge in [0, 0.05) is 0 Å². The fourth-order valence-corrected chi connectivity index (χ4v) is 1.96. The van der Waals surface area contributed by atoms with Crippen LogP contribution in [0.3, 0.4) is 0 Å². The van der Waals surface area contributed by atoms with Gasteiger partial charge in [0.15, 0.2) is 0 Å². The molecule has 78 valence electrons. The van der Waals surface area contributed by atoms with Gasteiger partial charge in [-0.25, -0.2) is 0 Å². The largest absolute Gasteiger partial charge is 0.392 e. The van der Waals surface area contributed by atoms with E-state index in [0.29, 0.717) is 11.8 Å². The SMILES string of the molecule is CCC(c1ccc(CO)cc1)C(C)C. The number of aliphatic hydroxyl groups excluding tert-OH is 1. The highest BCUT2D eigenvalue weighted by molar-refractivity contribution is 5.25. The first-order valence-electron chi connectivity index (χ1n) is 5.38. The van der Waals surface area contributed by atoms with Gasteiger partial charge in [0.2, 0.25) is 0 Å². The zero-order valence-electron chi connectivity index (χ0n) is 9.33. The zero-order chi connectivity index (χ0) is 10.6. The third-order valence-electron chi connectivity index (χ3n) is 2.84. The van der Waals surface area contributed by atoms with Gasteiger partial charge in [-0.15, -0.1) is 0 Å². The summed E-state index contributed by atoms with van der Waals surface area (Å²) in [5.74, 6) is 1.32. The molecule has 0 aliphatic heterocycles. The summed E-state index contributed by atoms with van der Waals surface area (Å²) in [5.41, 5.74) is 2.38. The number of hydrogen-bond donors (Lipinski definition) is 1. The summed E-state index contributed by atoms with van der Waals surface area (Å²) in [6.45, 7) is 6.88. The molecular weight excluding hydrogens is 172 g/mol. The molecule has 0 radical (unpaired) electrons. The van der Waals surface area contributed by atoms with Crippen molar-refractivity contribution in [3.05, 3.63) is 35.4 Å². The lowest BCUT2D eigenvalue weighted by molar-refractivity contribution is 0.282. The lowest BCUT2D eigenvalue weighted by atomic mass is 9.86. The number of rotatable bonds is 4. The van der Waals surface area contributed by atoms with Crippen molar-refractivity contribution in [2.75, 3.05) is 0 Å². The molecule has 1 atom stereocenters. The van der Waals surface area contributed by atoms with E-state index in [2.05, 4.69) is 32.9 Å². The van der Waals surface area contributed by atoms with E-state index in [4.69, 9.17) is 5.11 Å². The minimum absolute atomic E-state index is 0.138. The Balaban J connectivity index is 2.84. The minimum Gasteiger partial charge on any atom is -0.392 e. The number of hydrogen-bond acceptors (Lipinski definition) is 1. The van der Waals surface area contributed by atoms with Gasteiger partial charge >= 0.3 is 0 Å². The third-order valence-corrected chi connectivity index (χ3v) is 2.84. The molecule has 14 heavy (non-hydrogen) atoms. The van der Waals surface area contributed by atoms with E-state index in [1.165, 1.54) is 12.0 Å². The molecule has 1 nitrogen and oxygen atoms in total. The molecule has 0 saturated heterocycles. The quantitative estimate of drug-likeness (QED) is 0.775. The van der Waals surface area contributed by atoms with Crippen LogP contribution in [0.4, 0.5) is 0 Å². The Hall–Kier alpha value is -0.820. The molecule has 1 heteroatoms. The van der Waals surface area contributed by atoms with Crippen molar-refractivity contribution in [2.24, 2.45) is 5.92 Å². The first-order valence-corrected chi connectivity index (χ1v) is 5.38. The minimum atomic E-state index is 0.138. The topological polar surface area (TPSA) is 20.2 Å². The maximum atomic E-state index is 8.93. The Morgan fingerprint density at radius 1 is 1.14 bits per heavy atom. The molecule has 0 aliphatic rings. The second-order valence-corrected chi connectivity index (χ2v) is 4.16. The predicted octanol–water partition coefficient (Wildman–Crippen LogP) is 3.33. The second-order valence-electron chi connectivity index (χ2n) is 4.16. The molecule has 0 fully saturated rings. The zero-order valence-corrected chi connectivity index (χ0v) is 9.33. The van der Waals surface area contributed by atoms with Crippen LogP contribution in [0, 0.1) is 5.92 Å². The molecule has 1 rings (SSSR count). The molecule has 0 aromatic heterocycles. The summed E-state index contributed by atoms with van der Waals surface area (Å²) in [6, 6.07) is 8.31. The van der Waals surface area contributed by atoms with E-state index < -0.39 is 0 Å². The van der Waals surface area contributed by atoms with E-state index in [1.807, 2.05) is 12.1 Å². The van der Waals surface area contributed by atoms with Gasteiger partial charge < -0.3 is 5.11 Å². The second kappa shape index (κ2) is 5.16. The van der Waals surface area contributed by atoms with Crippen LogP contribution < -0.4 is 0 Å².